The molecule has 1 aromatic carbocycles. The standard InChI is InChI=1S/C17H27N3O3S/c1-3-19(4-2)16-9-7-15(8-10-16)18-17(21)11-14-24(22,23)20-12-5-6-13-20/h7-10H,3-6,11-14H2,1-2H3,(H,18,21). The third-order valence-corrected chi connectivity index (χ3v) is 6.20. The average Bonchev–Trinajstić information content (AvgIpc) is 3.11. The first-order valence-corrected chi connectivity index (χ1v) is 10.2. The average molecular weight is 353 g/mol. The van der Waals surface area contributed by atoms with Crippen molar-refractivity contribution in [2.24, 2.45) is 0 Å². The molecule has 24 heavy (non-hydrogen) atoms. The number of rotatable bonds is 8. The summed E-state index contributed by atoms with van der Waals surface area (Å²) < 4.78 is 25.7. The lowest BCUT2D eigenvalue weighted by molar-refractivity contribution is -0.115. The van der Waals surface area contributed by atoms with Gasteiger partial charge < -0.3 is 10.2 Å². The van der Waals surface area contributed by atoms with Crippen molar-refractivity contribution in [2.75, 3.05) is 42.1 Å². The van der Waals surface area contributed by atoms with E-state index in [1.54, 1.807) is 0 Å². The predicted octanol–water partition coefficient (Wildman–Crippen LogP) is 2.29. The number of hydrogen-bond acceptors (Lipinski definition) is 4. The van der Waals surface area contributed by atoms with Gasteiger partial charge in [-0.05, 0) is 51.0 Å². The van der Waals surface area contributed by atoms with E-state index in [0.717, 1.165) is 31.6 Å². The lowest BCUT2D eigenvalue weighted by atomic mass is 10.2. The van der Waals surface area contributed by atoms with Gasteiger partial charge in [-0.2, -0.15) is 0 Å². The van der Waals surface area contributed by atoms with Crippen molar-refractivity contribution < 1.29 is 13.2 Å². The van der Waals surface area contributed by atoms with Crippen molar-refractivity contribution in [3.05, 3.63) is 24.3 Å². The van der Waals surface area contributed by atoms with Gasteiger partial charge in [0, 0.05) is 44.0 Å². The zero-order valence-electron chi connectivity index (χ0n) is 14.5. The first-order valence-electron chi connectivity index (χ1n) is 8.59. The van der Waals surface area contributed by atoms with Crippen LogP contribution in [0.4, 0.5) is 11.4 Å². The molecule has 1 aromatic rings. The second kappa shape index (κ2) is 8.48. The molecular weight excluding hydrogens is 326 g/mol. The molecule has 0 saturated carbocycles. The lowest BCUT2D eigenvalue weighted by Gasteiger charge is -2.21. The number of carbonyl (C=O) groups is 1. The summed E-state index contributed by atoms with van der Waals surface area (Å²) >= 11 is 0. The highest BCUT2D eigenvalue weighted by Crippen LogP contribution is 2.18. The van der Waals surface area contributed by atoms with Gasteiger partial charge in [0.1, 0.15) is 0 Å². The van der Waals surface area contributed by atoms with Crippen LogP contribution in [-0.4, -0.2) is 50.6 Å². The van der Waals surface area contributed by atoms with Gasteiger partial charge in [0.25, 0.3) is 0 Å². The molecule has 1 aliphatic rings. The summed E-state index contributed by atoms with van der Waals surface area (Å²) in [6, 6.07) is 7.62. The van der Waals surface area contributed by atoms with Crippen LogP contribution in [0.15, 0.2) is 24.3 Å². The Bertz CT molecular complexity index is 634. The minimum atomic E-state index is -3.31. The molecule has 7 heteroatoms. The van der Waals surface area contributed by atoms with Gasteiger partial charge >= 0.3 is 0 Å². The molecule has 0 aromatic heterocycles. The summed E-state index contributed by atoms with van der Waals surface area (Å²) in [5.41, 5.74) is 1.80. The van der Waals surface area contributed by atoms with E-state index in [0.29, 0.717) is 18.8 Å². The largest absolute Gasteiger partial charge is 0.372 e. The monoisotopic (exact) mass is 353 g/mol. The maximum absolute atomic E-state index is 12.1. The van der Waals surface area contributed by atoms with Crippen LogP contribution in [0, 0.1) is 0 Å². The molecule has 0 unspecified atom stereocenters. The second-order valence-electron chi connectivity index (χ2n) is 5.94. The molecule has 0 bridgehead atoms. The lowest BCUT2D eigenvalue weighted by Crippen LogP contribution is -2.31. The van der Waals surface area contributed by atoms with Crippen molar-refractivity contribution in [3.8, 4) is 0 Å². The van der Waals surface area contributed by atoms with Crippen molar-refractivity contribution in [1.29, 1.82) is 0 Å². The molecule has 1 aliphatic heterocycles. The van der Waals surface area contributed by atoms with Gasteiger partial charge in [-0.15, -0.1) is 0 Å². The van der Waals surface area contributed by atoms with E-state index < -0.39 is 10.0 Å². The SMILES string of the molecule is CCN(CC)c1ccc(NC(=O)CCS(=O)(=O)N2CCCC2)cc1. The Kier molecular flexibility index (Phi) is 6.62. The maximum Gasteiger partial charge on any atom is 0.225 e. The number of anilines is 2. The number of carbonyl (C=O) groups excluding carboxylic acids is 1. The van der Waals surface area contributed by atoms with E-state index in [9.17, 15) is 13.2 Å². The van der Waals surface area contributed by atoms with E-state index in [1.165, 1.54) is 4.31 Å². The Labute approximate surface area is 144 Å². The van der Waals surface area contributed by atoms with Gasteiger partial charge in [0.05, 0.1) is 5.75 Å². The number of benzene rings is 1. The summed E-state index contributed by atoms with van der Waals surface area (Å²) in [6.45, 7) is 7.21. The molecule has 1 N–H and O–H groups in total. The minimum Gasteiger partial charge on any atom is -0.372 e. The van der Waals surface area contributed by atoms with Crippen LogP contribution >= 0.6 is 0 Å². The molecular formula is C17H27N3O3S. The van der Waals surface area contributed by atoms with Crippen LogP contribution in [0.25, 0.3) is 0 Å². The number of nitrogens with one attached hydrogen (secondary N) is 1. The van der Waals surface area contributed by atoms with E-state index in [4.69, 9.17) is 0 Å². The Morgan fingerprint density at radius 3 is 2.25 bits per heavy atom. The van der Waals surface area contributed by atoms with Gasteiger partial charge in [-0.1, -0.05) is 0 Å². The molecule has 6 nitrogen and oxygen atoms in total. The topological polar surface area (TPSA) is 69.7 Å². The summed E-state index contributed by atoms with van der Waals surface area (Å²) in [6.07, 6.45) is 1.80. The Balaban J connectivity index is 1.86. The Morgan fingerprint density at radius 2 is 1.71 bits per heavy atom. The van der Waals surface area contributed by atoms with Gasteiger partial charge in [-0.3, -0.25) is 4.79 Å². The fraction of sp³-hybridized carbons (Fsp3) is 0.588. The number of hydrogen-bond donors (Lipinski definition) is 1. The minimum absolute atomic E-state index is 0.0172. The quantitative estimate of drug-likeness (QED) is 0.778. The summed E-state index contributed by atoms with van der Waals surface area (Å²) in [7, 11) is -3.31. The summed E-state index contributed by atoms with van der Waals surface area (Å²) in [5.74, 6) is -0.399. The molecule has 1 amide bonds. The highest BCUT2D eigenvalue weighted by molar-refractivity contribution is 7.89. The molecule has 1 heterocycles. The summed E-state index contributed by atoms with van der Waals surface area (Å²) in [4.78, 5) is 14.2. The molecule has 0 spiro atoms. The molecule has 0 radical (unpaired) electrons. The fourth-order valence-corrected chi connectivity index (χ4v) is 4.40. The van der Waals surface area contributed by atoms with Gasteiger partial charge in [0.2, 0.25) is 15.9 Å². The predicted molar refractivity (Wildman–Crippen MR) is 97.8 cm³/mol. The van der Waals surface area contributed by atoms with Gasteiger partial charge in [0.15, 0.2) is 0 Å². The summed E-state index contributed by atoms with van der Waals surface area (Å²) in [5, 5.41) is 2.77. The van der Waals surface area contributed by atoms with E-state index in [1.807, 2.05) is 24.3 Å². The zero-order chi connectivity index (χ0) is 17.6. The van der Waals surface area contributed by atoms with Crippen LogP contribution < -0.4 is 10.2 Å². The smallest absolute Gasteiger partial charge is 0.225 e. The number of nitrogens with zero attached hydrogens (tertiary/aromatic N) is 2. The number of sulfonamides is 1. The van der Waals surface area contributed by atoms with E-state index in [-0.39, 0.29) is 18.1 Å². The van der Waals surface area contributed by atoms with Gasteiger partial charge in [-0.25, -0.2) is 12.7 Å². The second-order valence-corrected chi connectivity index (χ2v) is 8.03. The molecule has 2 rings (SSSR count). The Morgan fingerprint density at radius 1 is 1.12 bits per heavy atom. The van der Waals surface area contributed by atoms with Crippen LogP contribution in [-0.2, 0) is 14.8 Å². The third kappa shape index (κ3) is 4.95. The fourth-order valence-electron chi connectivity index (χ4n) is 2.88. The van der Waals surface area contributed by atoms with Crippen LogP contribution in [0.5, 0.6) is 0 Å². The van der Waals surface area contributed by atoms with Crippen LogP contribution in [0.1, 0.15) is 33.1 Å². The first kappa shape index (κ1) is 18.7. The third-order valence-electron chi connectivity index (χ3n) is 4.33. The highest BCUT2D eigenvalue weighted by atomic mass is 32.2. The van der Waals surface area contributed by atoms with E-state index >= 15 is 0 Å². The highest BCUT2D eigenvalue weighted by Gasteiger charge is 2.25. The molecule has 134 valence electrons. The molecule has 1 saturated heterocycles. The van der Waals surface area contributed by atoms with Crippen LogP contribution in [0.2, 0.25) is 0 Å². The van der Waals surface area contributed by atoms with Crippen molar-refractivity contribution >= 4 is 27.3 Å². The maximum atomic E-state index is 12.1. The molecule has 0 aliphatic carbocycles. The number of amides is 1. The van der Waals surface area contributed by atoms with Crippen molar-refractivity contribution in [1.82, 2.24) is 4.31 Å². The van der Waals surface area contributed by atoms with Crippen molar-refractivity contribution in [2.45, 2.75) is 33.1 Å². The molecule has 0 atom stereocenters. The first-order chi connectivity index (χ1) is 11.5. The van der Waals surface area contributed by atoms with E-state index in [2.05, 4.69) is 24.1 Å². The normalized spacial score (nSPS) is 15.4. The molecule has 1 fully saturated rings. The van der Waals surface area contributed by atoms with Crippen LogP contribution in [0.3, 0.4) is 0 Å². The Hall–Kier alpha value is -1.60. The zero-order valence-corrected chi connectivity index (χ0v) is 15.3. The van der Waals surface area contributed by atoms with Crippen molar-refractivity contribution in [3.63, 3.8) is 0 Å².